The zero-order valence-electron chi connectivity index (χ0n) is 23.3. The third-order valence-corrected chi connectivity index (χ3v) is 9.83. The lowest BCUT2D eigenvalue weighted by Crippen LogP contribution is -2.39. The van der Waals surface area contributed by atoms with Gasteiger partial charge >= 0.3 is 0 Å². The van der Waals surface area contributed by atoms with Crippen LogP contribution in [0.2, 0.25) is 0 Å². The first-order chi connectivity index (χ1) is 18.9. The Bertz CT molecular complexity index is 1290. The number of hydrogen-bond donors (Lipinski definition) is 1. The van der Waals surface area contributed by atoms with Gasteiger partial charge in [-0.2, -0.15) is 4.98 Å². The Morgan fingerprint density at radius 3 is 2.44 bits per heavy atom. The number of benzene rings is 1. The molecule has 3 fully saturated rings. The van der Waals surface area contributed by atoms with E-state index in [1.54, 1.807) is 11.3 Å². The fourth-order valence-corrected chi connectivity index (χ4v) is 7.61. The number of primary amides is 1. The number of piperidine rings is 1. The molecule has 0 bridgehead atoms. The van der Waals surface area contributed by atoms with Crippen LogP contribution in [0.4, 0.5) is 11.8 Å². The van der Waals surface area contributed by atoms with Crippen molar-refractivity contribution >= 4 is 39.2 Å². The van der Waals surface area contributed by atoms with Crippen molar-refractivity contribution in [3.05, 3.63) is 35.7 Å². The van der Waals surface area contributed by atoms with Crippen LogP contribution in [0.3, 0.4) is 0 Å². The summed E-state index contributed by atoms with van der Waals surface area (Å²) in [5.74, 6) is 2.66. The summed E-state index contributed by atoms with van der Waals surface area (Å²) < 4.78 is 0. The van der Waals surface area contributed by atoms with Crippen molar-refractivity contribution in [2.24, 2.45) is 17.6 Å². The van der Waals surface area contributed by atoms with Crippen molar-refractivity contribution in [1.82, 2.24) is 19.8 Å². The number of thiophene rings is 1. The van der Waals surface area contributed by atoms with Crippen molar-refractivity contribution in [1.29, 1.82) is 0 Å². The van der Waals surface area contributed by atoms with Crippen LogP contribution < -0.4 is 15.5 Å². The van der Waals surface area contributed by atoms with Gasteiger partial charge in [0.05, 0.1) is 5.39 Å². The number of likely N-dealkylation sites (tertiary alicyclic amines) is 1. The molecule has 3 aliphatic heterocycles. The molecule has 3 aliphatic rings. The van der Waals surface area contributed by atoms with Crippen LogP contribution in [0.25, 0.3) is 21.3 Å². The number of hydrogen-bond acceptors (Lipinski definition) is 8. The molecule has 39 heavy (non-hydrogen) atoms. The van der Waals surface area contributed by atoms with Gasteiger partial charge in [-0.15, -0.1) is 11.3 Å². The Labute approximate surface area is 235 Å². The van der Waals surface area contributed by atoms with E-state index in [-0.39, 0.29) is 11.8 Å². The van der Waals surface area contributed by atoms with Crippen molar-refractivity contribution < 1.29 is 4.79 Å². The summed E-state index contributed by atoms with van der Waals surface area (Å²) in [6.07, 6.45) is 5.06. The van der Waals surface area contributed by atoms with Gasteiger partial charge in [-0.3, -0.25) is 4.79 Å². The van der Waals surface area contributed by atoms with E-state index in [1.165, 1.54) is 55.4 Å². The maximum absolute atomic E-state index is 11.5. The predicted molar refractivity (Wildman–Crippen MR) is 160 cm³/mol. The first kappa shape index (κ1) is 26.5. The molecule has 9 heteroatoms. The molecule has 2 atom stereocenters. The van der Waals surface area contributed by atoms with Gasteiger partial charge in [0.25, 0.3) is 0 Å². The summed E-state index contributed by atoms with van der Waals surface area (Å²) >= 11 is 1.71. The van der Waals surface area contributed by atoms with Gasteiger partial charge in [-0.25, -0.2) is 4.98 Å². The first-order valence-electron chi connectivity index (χ1n) is 14.5. The van der Waals surface area contributed by atoms with Crippen LogP contribution in [0.15, 0.2) is 35.7 Å². The van der Waals surface area contributed by atoms with Gasteiger partial charge < -0.3 is 25.3 Å². The third kappa shape index (κ3) is 5.76. The average Bonchev–Trinajstić information content (AvgIpc) is 3.69. The second-order valence-electron chi connectivity index (χ2n) is 11.9. The highest BCUT2D eigenvalue weighted by Crippen LogP contribution is 2.41. The van der Waals surface area contributed by atoms with E-state index in [1.807, 2.05) is 0 Å². The number of carbonyl (C=O) groups excluding carboxylic acids is 1. The number of anilines is 2. The molecule has 0 aliphatic carbocycles. The van der Waals surface area contributed by atoms with E-state index < -0.39 is 0 Å². The monoisotopic (exact) mass is 547 g/mol. The largest absolute Gasteiger partial charge is 0.370 e. The second-order valence-corrected chi connectivity index (χ2v) is 12.8. The molecule has 1 aromatic carbocycles. The molecule has 5 heterocycles. The van der Waals surface area contributed by atoms with Crippen molar-refractivity contribution in [2.75, 3.05) is 69.7 Å². The summed E-state index contributed by atoms with van der Waals surface area (Å²) in [4.78, 5) is 32.7. The molecule has 3 aromatic rings. The minimum atomic E-state index is -0.223. The molecule has 0 spiro atoms. The highest BCUT2D eigenvalue weighted by atomic mass is 32.1. The number of rotatable bonds is 8. The van der Waals surface area contributed by atoms with Gasteiger partial charge in [0.2, 0.25) is 11.9 Å². The van der Waals surface area contributed by atoms with Gasteiger partial charge in [0.1, 0.15) is 10.6 Å². The summed E-state index contributed by atoms with van der Waals surface area (Å²) in [5.41, 5.74) is 7.93. The lowest BCUT2D eigenvalue weighted by Gasteiger charge is -2.35. The number of carbonyl (C=O) groups is 1. The summed E-state index contributed by atoms with van der Waals surface area (Å²) in [5, 5.41) is 3.41. The fourth-order valence-electron chi connectivity index (χ4n) is 6.67. The Morgan fingerprint density at radius 1 is 0.974 bits per heavy atom. The summed E-state index contributed by atoms with van der Waals surface area (Å²) in [6.45, 7) is 7.34. The lowest BCUT2D eigenvalue weighted by atomic mass is 9.96. The topological polar surface area (TPSA) is 81.8 Å². The van der Waals surface area contributed by atoms with Crippen molar-refractivity contribution in [3.8, 4) is 11.1 Å². The van der Waals surface area contributed by atoms with E-state index in [9.17, 15) is 4.79 Å². The van der Waals surface area contributed by atoms with Gasteiger partial charge in [0, 0.05) is 62.7 Å². The molecule has 208 valence electrons. The van der Waals surface area contributed by atoms with E-state index in [0.29, 0.717) is 12.5 Å². The second kappa shape index (κ2) is 11.4. The van der Waals surface area contributed by atoms with Gasteiger partial charge in [0.15, 0.2) is 0 Å². The highest BCUT2D eigenvalue weighted by molar-refractivity contribution is 7.17. The van der Waals surface area contributed by atoms with Crippen LogP contribution >= 0.6 is 11.3 Å². The maximum atomic E-state index is 11.5. The Kier molecular flexibility index (Phi) is 7.73. The molecule has 2 aromatic heterocycles. The molecule has 6 rings (SSSR count). The number of nitrogens with zero attached hydrogens (tertiary/aromatic N) is 6. The van der Waals surface area contributed by atoms with Crippen LogP contribution in [-0.2, 0) is 4.79 Å². The standard InChI is InChI=1S/C30H41N7OS/c1-34(2)24-11-12-35(19-24)17-21-8-13-36(14-9-21)28-27-25(23-6-4-3-5-7-23)20-39-29(27)33-30(32-28)37-15-10-22(18-37)16-26(31)38/h3-7,20-22,24H,8-19H2,1-2H3,(H2,31,38)/t22?,24-/m1/s1. The molecule has 2 N–H and O–H groups in total. The van der Waals surface area contributed by atoms with E-state index >= 15 is 0 Å². The number of fused-ring (bicyclic) bond motifs is 1. The van der Waals surface area contributed by atoms with Crippen LogP contribution in [0, 0.1) is 11.8 Å². The minimum Gasteiger partial charge on any atom is -0.370 e. The molecular weight excluding hydrogens is 506 g/mol. The number of amides is 1. The third-order valence-electron chi connectivity index (χ3n) is 8.95. The van der Waals surface area contributed by atoms with Crippen molar-refractivity contribution in [3.63, 3.8) is 0 Å². The number of nitrogens with two attached hydrogens (primary N) is 1. The van der Waals surface area contributed by atoms with Gasteiger partial charge in [-0.1, -0.05) is 30.3 Å². The quantitative estimate of drug-likeness (QED) is 0.458. The van der Waals surface area contributed by atoms with Crippen LogP contribution in [0.5, 0.6) is 0 Å². The molecular formula is C30H41N7OS. The van der Waals surface area contributed by atoms with Crippen LogP contribution in [0.1, 0.15) is 32.1 Å². The summed E-state index contributed by atoms with van der Waals surface area (Å²) in [7, 11) is 4.41. The zero-order chi connectivity index (χ0) is 26.9. The predicted octanol–water partition coefficient (Wildman–Crippen LogP) is 3.91. The maximum Gasteiger partial charge on any atom is 0.228 e. The minimum absolute atomic E-state index is 0.223. The Balaban J connectivity index is 1.24. The Hall–Kier alpha value is -2.75. The molecule has 0 saturated carbocycles. The average molecular weight is 548 g/mol. The molecule has 1 amide bonds. The molecule has 1 unspecified atom stereocenters. The lowest BCUT2D eigenvalue weighted by molar-refractivity contribution is -0.118. The first-order valence-corrected chi connectivity index (χ1v) is 15.3. The number of likely N-dealkylation sites (N-methyl/N-ethyl adjacent to an activating group) is 1. The van der Waals surface area contributed by atoms with E-state index in [0.717, 1.165) is 55.1 Å². The van der Waals surface area contributed by atoms with Crippen LogP contribution in [-0.4, -0.2) is 91.6 Å². The van der Waals surface area contributed by atoms with E-state index in [2.05, 4.69) is 69.4 Å². The smallest absolute Gasteiger partial charge is 0.228 e. The molecule has 8 nitrogen and oxygen atoms in total. The molecule has 3 saturated heterocycles. The highest BCUT2D eigenvalue weighted by Gasteiger charge is 2.31. The normalized spacial score (nSPS) is 22.9. The Morgan fingerprint density at radius 2 is 1.72 bits per heavy atom. The summed E-state index contributed by atoms with van der Waals surface area (Å²) in [6, 6.07) is 11.3. The fraction of sp³-hybridized carbons (Fsp3) is 0.567. The SMILES string of the molecule is CN(C)[C@@H]1CCN(CC2CCN(c3nc(N4CCC(CC(N)=O)C4)nc4scc(-c5ccccc5)c34)CC2)C1. The number of aromatic nitrogens is 2. The van der Waals surface area contributed by atoms with E-state index in [4.69, 9.17) is 15.7 Å². The molecule has 0 radical (unpaired) electrons. The van der Waals surface area contributed by atoms with Gasteiger partial charge in [-0.05, 0) is 63.7 Å². The zero-order valence-corrected chi connectivity index (χ0v) is 24.1. The van der Waals surface area contributed by atoms with Crippen molar-refractivity contribution in [2.45, 2.75) is 38.1 Å².